The first kappa shape index (κ1) is 13.5. The van der Waals surface area contributed by atoms with Crippen molar-refractivity contribution >= 4 is 11.3 Å². The zero-order valence-electron chi connectivity index (χ0n) is 11.1. The van der Waals surface area contributed by atoms with Gasteiger partial charge in [0.05, 0.1) is 4.88 Å². The highest BCUT2D eigenvalue weighted by atomic mass is 32.1. The van der Waals surface area contributed by atoms with E-state index in [1.165, 1.54) is 0 Å². The van der Waals surface area contributed by atoms with E-state index in [2.05, 4.69) is 4.98 Å². The molecule has 0 saturated carbocycles. The molecule has 4 nitrogen and oxygen atoms in total. The Hall–Kier alpha value is -2.53. The molecule has 2 N–H and O–H groups in total. The lowest BCUT2D eigenvalue weighted by molar-refractivity contribution is 0.451. The van der Waals surface area contributed by atoms with Gasteiger partial charge in [0.1, 0.15) is 11.5 Å². The average Bonchev–Trinajstić information content (AvgIpc) is 2.78. The summed E-state index contributed by atoms with van der Waals surface area (Å²) in [7, 11) is 0. The zero-order chi connectivity index (χ0) is 14.7. The van der Waals surface area contributed by atoms with Gasteiger partial charge in [0, 0.05) is 6.42 Å². The number of ether oxygens (including phenoxy) is 1. The zero-order valence-corrected chi connectivity index (χ0v) is 11.9. The van der Waals surface area contributed by atoms with Crippen LogP contribution in [0.15, 0.2) is 59.4 Å². The Morgan fingerprint density at radius 2 is 1.81 bits per heavy atom. The van der Waals surface area contributed by atoms with E-state index in [1.807, 2.05) is 54.6 Å². The number of thiazole rings is 1. The maximum absolute atomic E-state index is 11.2. The minimum absolute atomic E-state index is 0.0561. The molecule has 1 heterocycles. The van der Waals surface area contributed by atoms with Crippen LogP contribution >= 0.6 is 11.3 Å². The van der Waals surface area contributed by atoms with Crippen molar-refractivity contribution in [1.82, 2.24) is 4.98 Å². The van der Waals surface area contributed by atoms with Crippen molar-refractivity contribution < 1.29 is 9.84 Å². The van der Waals surface area contributed by atoms with Crippen molar-refractivity contribution in [2.75, 3.05) is 0 Å². The maximum atomic E-state index is 11.2. The van der Waals surface area contributed by atoms with Crippen LogP contribution in [0.2, 0.25) is 0 Å². The monoisotopic (exact) mass is 299 g/mol. The number of hydrogen-bond donors (Lipinski definition) is 2. The predicted octanol–water partition coefficient (Wildman–Crippen LogP) is 3.53. The lowest BCUT2D eigenvalue weighted by Crippen LogP contribution is -1.89. The normalized spacial score (nSPS) is 10.5. The van der Waals surface area contributed by atoms with E-state index >= 15 is 0 Å². The number of para-hydroxylation sites is 1. The molecule has 3 aromatic rings. The number of aromatic hydroxyl groups is 1. The van der Waals surface area contributed by atoms with Crippen LogP contribution in [0.4, 0.5) is 0 Å². The van der Waals surface area contributed by atoms with Crippen molar-refractivity contribution in [2.45, 2.75) is 6.42 Å². The van der Waals surface area contributed by atoms with Crippen LogP contribution in [-0.2, 0) is 6.42 Å². The minimum atomic E-state index is -0.251. The minimum Gasteiger partial charge on any atom is -0.494 e. The molecular formula is C16H13NO3S. The van der Waals surface area contributed by atoms with E-state index in [0.29, 0.717) is 11.3 Å². The van der Waals surface area contributed by atoms with E-state index in [4.69, 9.17) is 4.74 Å². The lowest BCUT2D eigenvalue weighted by Gasteiger charge is -2.07. The summed E-state index contributed by atoms with van der Waals surface area (Å²) in [6, 6.07) is 17.1. The molecule has 0 saturated heterocycles. The number of nitrogens with one attached hydrogen (secondary N) is 1. The van der Waals surface area contributed by atoms with Gasteiger partial charge >= 0.3 is 4.87 Å². The third kappa shape index (κ3) is 3.32. The molecule has 0 fully saturated rings. The Kier molecular flexibility index (Phi) is 3.75. The Morgan fingerprint density at radius 3 is 2.52 bits per heavy atom. The molecule has 0 aliphatic rings. The highest BCUT2D eigenvalue weighted by molar-refractivity contribution is 7.09. The van der Waals surface area contributed by atoms with Gasteiger partial charge in [-0.3, -0.25) is 9.78 Å². The predicted molar refractivity (Wildman–Crippen MR) is 82.4 cm³/mol. The van der Waals surface area contributed by atoms with Crippen LogP contribution in [0.25, 0.3) is 0 Å². The summed E-state index contributed by atoms with van der Waals surface area (Å²) in [4.78, 5) is 13.9. The lowest BCUT2D eigenvalue weighted by atomic mass is 10.1. The van der Waals surface area contributed by atoms with Gasteiger partial charge in [-0.2, -0.15) is 0 Å². The summed E-state index contributed by atoms with van der Waals surface area (Å²) >= 11 is 1.02. The van der Waals surface area contributed by atoms with E-state index in [9.17, 15) is 9.90 Å². The summed E-state index contributed by atoms with van der Waals surface area (Å²) in [5.41, 5.74) is 0.967. The molecule has 0 bridgehead atoms. The molecule has 0 spiro atoms. The third-order valence-electron chi connectivity index (χ3n) is 2.94. The molecule has 0 unspecified atom stereocenters. The van der Waals surface area contributed by atoms with Crippen LogP contribution in [-0.4, -0.2) is 10.1 Å². The van der Waals surface area contributed by atoms with E-state index in [-0.39, 0.29) is 10.8 Å². The molecule has 106 valence electrons. The Balaban J connectivity index is 1.80. The number of hydrogen-bond acceptors (Lipinski definition) is 4. The second kappa shape index (κ2) is 5.85. The second-order valence-corrected chi connectivity index (χ2v) is 5.59. The van der Waals surface area contributed by atoms with Crippen LogP contribution in [0.5, 0.6) is 17.4 Å². The molecule has 0 atom stereocenters. The molecule has 5 heteroatoms. The van der Waals surface area contributed by atoms with Gasteiger partial charge in [-0.15, -0.1) is 0 Å². The molecule has 0 amide bonds. The summed E-state index contributed by atoms with van der Waals surface area (Å²) in [5, 5.41) is 9.62. The van der Waals surface area contributed by atoms with Crippen molar-refractivity contribution in [3.8, 4) is 17.4 Å². The SMILES string of the molecule is O=c1[nH]c(O)c(Cc2cccc(Oc3ccccc3)c2)s1. The fourth-order valence-electron chi connectivity index (χ4n) is 2.00. The molecule has 1 aromatic heterocycles. The number of aromatic nitrogens is 1. The summed E-state index contributed by atoms with van der Waals surface area (Å²) < 4.78 is 5.76. The molecule has 0 aliphatic heterocycles. The molecule has 21 heavy (non-hydrogen) atoms. The molecule has 2 aromatic carbocycles. The smallest absolute Gasteiger partial charge is 0.307 e. The first-order valence-corrected chi connectivity index (χ1v) is 7.25. The van der Waals surface area contributed by atoms with Gasteiger partial charge in [0.15, 0.2) is 0 Å². The van der Waals surface area contributed by atoms with Crippen molar-refractivity contribution in [1.29, 1.82) is 0 Å². The van der Waals surface area contributed by atoms with Crippen molar-refractivity contribution in [3.63, 3.8) is 0 Å². The van der Waals surface area contributed by atoms with Gasteiger partial charge in [0.25, 0.3) is 0 Å². The number of benzene rings is 2. The van der Waals surface area contributed by atoms with Gasteiger partial charge in [-0.05, 0) is 29.8 Å². The van der Waals surface area contributed by atoms with Crippen molar-refractivity contribution in [3.05, 3.63) is 74.7 Å². The largest absolute Gasteiger partial charge is 0.494 e. The molecule has 0 radical (unpaired) electrons. The third-order valence-corrected chi connectivity index (χ3v) is 3.81. The number of H-pyrrole nitrogens is 1. The standard InChI is InChI=1S/C16H13NO3S/c18-15-14(21-16(19)17-15)10-11-5-4-8-13(9-11)20-12-6-2-1-3-7-12/h1-9,18H,10H2,(H,17,19). The fraction of sp³-hybridized carbons (Fsp3) is 0.0625. The van der Waals surface area contributed by atoms with Crippen LogP contribution in [0.1, 0.15) is 10.4 Å². The highest BCUT2D eigenvalue weighted by Gasteiger charge is 2.08. The van der Waals surface area contributed by atoms with E-state index < -0.39 is 0 Å². The van der Waals surface area contributed by atoms with E-state index in [1.54, 1.807) is 0 Å². The summed E-state index contributed by atoms with van der Waals surface area (Å²) in [6.07, 6.45) is 0.487. The summed E-state index contributed by atoms with van der Waals surface area (Å²) in [5.74, 6) is 1.43. The fourth-order valence-corrected chi connectivity index (χ4v) is 2.76. The molecular weight excluding hydrogens is 286 g/mol. The molecule has 0 aliphatic carbocycles. The molecule has 3 rings (SSSR count). The van der Waals surface area contributed by atoms with Crippen LogP contribution in [0, 0.1) is 0 Å². The Bertz CT molecular complexity index is 793. The van der Waals surface area contributed by atoms with Crippen molar-refractivity contribution in [2.24, 2.45) is 0 Å². The van der Waals surface area contributed by atoms with Gasteiger partial charge in [0.2, 0.25) is 5.88 Å². The average molecular weight is 299 g/mol. The van der Waals surface area contributed by atoms with Gasteiger partial charge in [-0.1, -0.05) is 41.7 Å². The summed E-state index contributed by atoms with van der Waals surface area (Å²) in [6.45, 7) is 0. The van der Waals surface area contributed by atoms with Crippen LogP contribution in [0.3, 0.4) is 0 Å². The number of rotatable bonds is 4. The highest BCUT2D eigenvalue weighted by Crippen LogP contribution is 2.25. The van der Waals surface area contributed by atoms with Crippen LogP contribution < -0.4 is 9.61 Å². The second-order valence-electron chi connectivity index (χ2n) is 4.53. The quantitative estimate of drug-likeness (QED) is 0.774. The first-order valence-electron chi connectivity index (χ1n) is 6.43. The Morgan fingerprint density at radius 1 is 1.05 bits per heavy atom. The van der Waals surface area contributed by atoms with Gasteiger partial charge in [-0.25, -0.2) is 0 Å². The maximum Gasteiger partial charge on any atom is 0.307 e. The number of aromatic amines is 1. The first-order chi connectivity index (χ1) is 10.2. The van der Waals surface area contributed by atoms with Gasteiger partial charge < -0.3 is 9.84 Å². The Labute approximate surface area is 125 Å². The van der Waals surface area contributed by atoms with E-state index in [0.717, 1.165) is 28.4 Å². The topological polar surface area (TPSA) is 62.3 Å².